The van der Waals surface area contributed by atoms with Gasteiger partial charge < -0.3 is 10.2 Å². The lowest BCUT2D eigenvalue weighted by Crippen LogP contribution is -2.13. The summed E-state index contributed by atoms with van der Waals surface area (Å²) in [4.78, 5) is 7.86. The molecular formula is C18H16N3O+. The van der Waals surface area contributed by atoms with E-state index in [1.807, 2.05) is 55.5 Å². The summed E-state index contributed by atoms with van der Waals surface area (Å²) in [7, 11) is 0. The third-order valence-electron chi connectivity index (χ3n) is 3.83. The Morgan fingerprint density at radius 3 is 2.73 bits per heavy atom. The van der Waals surface area contributed by atoms with Gasteiger partial charge in [0.25, 0.3) is 5.52 Å². The Balaban J connectivity index is 2.14. The smallest absolute Gasteiger partial charge is 0.255 e. The molecule has 4 rings (SSSR count). The number of hydrogen-bond acceptors (Lipinski definition) is 3. The summed E-state index contributed by atoms with van der Waals surface area (Å²) in [5, 5.41) is 3.00. The van der Waals surface area contributed by atoms with E-state index in [1.165, 1.54) is 0 Å². The van der Waals surface area contributed by atoms with Crippen LogP contribution in [0.25, 0.3) is 33.3 Å². The molecule has 1 aliphatic heterocycles. The lowest BCUT2D eigenvalue weighted by Gasteiger charge is -2.05. The fraction of sp³-hybridized carbons (Fsp3) is 0.111. The van der Waals surface area contributed by atoms with Gasteiger partial charge >= 0.3 is 0 Å². The molecule has 2 aromatic carbocycles. The van der Waals surface area contributed by atoms with Crippen molar-refractivity contribution in [3.05, 3.63) is 53.9 Å². The van der Waals surface area contributed by atoms with Crippen LogP contribution in [0.3, 0.4) is 0 Å². The number of aromatic amines is 1. The zero-order valence-corrected chi connectivity index (χ0v) is 12.3. The number of H-pyrrole nitrogens is 1. The second kappa shape index (κ2) is 4.84. The Morgan fingerprint density at radius 1 is 1.09 bits per heavy atom. The van der Waals surface area contributed by atoms with Gasteiger partial charge in [-0.2, -0.15) is 4.98 Å². The van der Waals surface area contributed by atoms with Gasteiger partial charge in [0.2, 0.25) is 17.0 Å². The van der Waals surface area contributed by atoms with Crippen molar-refractivity contribution in [2.75, 3.05) is 12.3 Å². The van der Waals surface area contributed by atoms with Crippen molar-refractivity contribution in [3.8, 4) is 11.5 Å². The van der Waals surface area contributed by atoms with Crippen molar-refractivity contribution in [3.63, 3.8) is 0 Å². The first-order chi connectivity index (χ1) is 10.8. The predicted octanol–water partition coefficient (Wildman–Crippen LogP) is 3.01. The first kappa shape index (κ1) is 12.8. The van der Waals surface area contributed by atoms with E-state index in [0.29, 0.717) is 5.69 Å². The second-order valence-corrected chi connectivity index (χ2v) is 5.27. The van der Waals surface area contributed by atoms with Gasteiger partial charge in [-0.3, -0.25) is 4.99 Å². The lowest BCUT2D eigenvalue weighted by molar-refractivity contribution is -0.332. The number of nitrogens with one attached hydrogen (secondary N) is 1. The molecule has 4 nitrogen and oxygen atoms in total. The standard InChI is InChI=1S/C18H15N3O/c1-2-20-11-7-8-15-16(9-11)22-17-10-14(19)12-5-3-4-6-13(12)18(17)21-15/h3-10H,2,19H2,1H3/p+1. The Labute approximate surface area is 127 Å². The van der Waals surface area contributed by atoms with Crippen molar-refractivity contribution in [1.29, 1.82) is 0 Å². The molecule has 0 spiro atoms. The van der Waals surface area contributed by atoms with Crippen molar-refractivity contribution in [2.45, 2.75) is 6.92 Å². The summed E-state index contributed by atoms with van der Waals surface area (Å²) in [6.07, 6.45) is 0. The molecule has 0 amide bonds. The first-order valence-corrected chi connectivity index (χ1v) is 7.34. The van der Waals surface area contributed by atoms with Crippen LogP contribution >= 0.6 is 0 Å². The van der Waals surface area contributed by atoms with Gasteiger partial charge in [0.15, 0.2) is 0 Å². The SMILES string of the molecule is CCN=c1ccc2[nH+]c3c(cc(N)c4ccccc43)oc-2c1. The van der Waals surface area contributed by atoms with Crippen molar-refractivity contribution in [1.82, 2.24) is 0 Å². The second-order valence-electron chi connectivity index (χ2n) is 5.27. The lowest BCUT2D eigenvalue weighted by atomic mass is 10.1. The molecule has 0 saturated heterocycles. The molecule has 0 radical (unpaired) electrons. The Morgan fingerprint density at radius 2 is 1.91 bits per heavy atom. The molecule has 1 aliphatic carbocycles. The average Bonchev–Trinajstić information content (AvgIpc) is 2.54. The van der Waals surface area contributed by atoms with Crippen LogP contribution < -0.4 is 16.1 Å². The summed E-state index contributed by atoms with van der Waals surface area (Å²) in [5.41, 5.74) is 9.51. The van der Waals surface area contributed by atoms with Crippen LogP contribution in [0.5, 0.6) is 0 Å². The van der Waals surface area contributed by atoms with Gasteiger partial charge in [0, 0.05) is 35.8 Å². The van der Waals surface area contributed by atoms with Crippen molar-refractivity contribution >= 4 is 27.6 Å². The largest absolute Gasteiger partial charge is 0.443 e. The molecule has 0 saturated carbocycles. The Hall–Kier alpha value is -2.88. The van der Waals surface area contributed by atoms with Gasteiger partial charge in [-0.25, -0.2) is 0 Å². The van der Waals surface area contributed by atoms with Crippen molar-refractivity contribution in [2.24, 2.45) is 4.99 Å². The third-order valence-corrected chi connectivity index (χ3v) is 3.83. The molecule has 22 heavy (non-hydrogen) atoms. The number of aromatic nitrogens is 1. The van der Waals surface area contributed by atoms with Gasteiger partial charge in [-0.05, 0) is 19.1 Å². The molecular weight excluding hydrogens is 274 g/mol. The van der Waals surface area contributed by atoms with Gasteiger partial charge in [0.1, 0.15) is 0 Å². The van der Waals surface area contributed by atoms with Gasteiger partial charge in [-0.15, -0.1) is 0 Å². The maximum Gasteiger partial charge on any atom is 0.255 e. The van der Waals surface area contributed by atoms with Crippen LogP contribution in [0.4, 0.5) is 5.69 Å². The van der Waals surface area contributed by atoms with Crippen LogP contribution in [0.1, 0.15) is 6.92 Å². The monoisotopic (exact) mass is 290 g/mol. The van der Waals surface area contributed by atoms with Crippen LogP contribution in [0, 0.1) is 0 Å². The van der Waals surface area contributed by atoms with E-state index in [4.69, 9.17) is 10.2 Å². The number of anilines is 1. The molecule has 0 bridgehead atoms. The van der Waals surface area contributed by atoms with Gasteiger partial charge in [0.05, 0.1) is 10.7 Å². The summed E-state index contributed by atoms with van der Waals surface area (Å²) in [5.74, 6) is 0.775. The maximum atomic E-state index is 6.15. The predicted molar refractivity (Wildman–Crippen MR) is 87.4 cm³/mol. The first-order valence-electron chi connectivity index (χ1n) is 7.34. The zero-order valence-electron chi connectivity index (χ0n) is 12.3. The number of nitrogens with two attached hydrogens (primary N) is 1. The number of nitrogen functional groups attached to an aromatic ring is 1. The van der Waals surface area contributed by atoms with E-state index in [-0.39, 0.29) is 0 Å². The highest BCUT2D eigenvalue weighted by molar-refractivity contribution is 6.07. The normalized spacial score (nSPS) is 12.5. The summed E-state index contributed by atoms with van der Waals surface area (Å²) in [6.45, 7) is 2.76. The summed E-state index contributed by atoms with van der Waals surface area (Å²) in [6, 6.07) is 15.9. The van der Waals surface area contributed by atoms with Crippen LogP contribution in [0.2, 0.25) is 0 Å². The molecule has 3 N–H and O–H groups in total. The zero-order chi connectivity index (χ0) is 15.1. The molecule has 2 aliphatic rings. The van der Waals surface area contributed by atoms with E-state index < -0.39 is 0 Å². The number of benzene rings is 3. The minimum Gasteiger partial charge on any atom is -0.443 e. The highest BCUT2D eigenvalue weighted by Gasteiger charge is 2.18. The fourth-order valence-electron chi connectivity index (χ4n) is 2.82. The maximum absolute atomic E-state index is 6.15. The molecule has 1 heterocycles. The quantitative estimate of drug-likeness (QED) is 0.333. The number of fused-ring (bicyclic) bond motifs is 4. The van der Waals surface area contributed by atoms with E-state index in [9.17, 15) is 0 Å². The number of hydrogen-bond donors (Lipinski definition) is 1. The summed E-state index contributed by atoms with van der Waals surface area (Å²) < 4.78 is 6.05. The third kappa shape index (κ3) is 1.92. The van der Waals surface area contributed by atoms with Crippen LogP contribution in [-0.2, 0) is 0 Å². The topological polar surface area (TPSA) is 65.7 Å². The minimum atomic E-state index is 0.717. The number of nitrogens with zero attached hydrogens (tertiary/aromatic N) is 1. The molecule has 0 atom stereocenters. The Bertz CT molecular complexity index is 1030. The van der Waals surface area contributed by atoms with E-state index in [2.05, 4.69) is 9.98 Å². The van der Waals surface area contributed by atoms with E-state index in [1.54, 1.807) is 0 Å². The van der Waals surface area contributed by atoms with Crippen molar-refractivity contribution < 1.29 is 9.40 Å². The molecule has 4 heteroatoms. The van der Waals surface area contributed by atoms with E-state index >= 15 is 0 Å². The minimum absolute atomic E-state index is 0.717. The summed E-state index contributed by atoms with van der Waals surface area (Å²) >= 11 is 0. The molecule has 108 valence electrons. The molecule has 0 fully saturated rings. The fourth-order valence-corrected chi connectivity index (χ4v) is 2.82. The van der Waals surface area contributed by atoms with Crippen LogP contribution in [0.15, 0.2) is 57.9 Å². The van der Waals surface area contributed by atoms with E-state index in [0.717, 1.165) is 45.2 Å². The Kier molecular flexibility index (Phi) is 2.82. The highest BCUT2D eigenvalue weighted by Crippen LogP contribution is 2.30. The highest BCUT2D eigenvalue weighted by atomic mass is 16.3. The van der Waals surface area contributed by atoms with Gasteiger partial charge in [-0.1, -0.05) is 18.2 Å². The van der Waals surface area contributed by atoms with Crippen LogP contribution in [-0.4, -0.2) is 6.54 Å². The molecule has 2 aromatic rings. The molecule has 0 unspecified atom stereocenters. The molecule has 0 aromatic heterocycles. The number of rotatable bonds is 1. The average molecular weight is 290 g/mol.